The Morgan fingerprint density at radius 1 is 0.596 bits per heavy atom. The molecule has 0 unspecified atom stereocenters. The zero-order valence-corrected chi connectivity index (χ0v) is 33.2. The maximum absolute atomic E-state index is 13.2. The molecule has 2 heterocycles. The SMILES string of the molecule is Cc1ccc(S(=O)(=O)NNC(=O)CCCCCN2C(=O)C(=C3SC(=S)N(CCCCCC(=O)NNS(=O)(=O)c4ccc(C)cc4)C3=O)SC2=S)cc1. The number of carbonyl (C=O) groups is 4. The van der Waals surface area contributed by atoms with E-state index in [1.165, 1.54) is 34.1 Å². The van der Waals surface area contributed by atoms with Crippen LogP contribution in [0.25, 0.3) is 0 Å². The van der Waals surface area contributed by atoms with Crippen molar-refractivity contribution in [2.45, 2.75) is 75.0 Å². The maximum atomic E-state index is 13.2. The third-order valence-corrected chi connectivity index (χ3v) is 13.3. The number of benzene rings is 2. The van der Waals surface area contributed by atoms with Crippen LogP contribution in [-0.4, -0.2) is 72.0 Å². The maximum Gasteiger partial charge on any atom is 0.267 e. The fourth-order valence-corrected chi connectivity index (χ4v) is 9.34. The summed E-state index contributed by atoms with van der Waals surface area (Å²) in [4.78, 5) is 58.4. The van der Waals surface area contributed by atoms with Gasteiger partial charge in [0, 0.05) is 25.9 Å². The zero-order valence-electron chi connectivity index (χ0n) is 28.3. The summed E-state index contributed by atoms with van der Waals surface area (Å²) in [5.74, 6) is -1.76. The van der Waals surface area contributed by atoms with Crippen molar-refractivity contribution >= 4 is 100 Å². The van der Waals surface area contributed by atoms with Crippen molar-refractivity contribution in [2.24, 2.45) is 0 Å². The lowest BCUT2D eigenvalue weighted by Crippen LogP contribution is -2.41. The van der Waals surface area contributed by atoms with Crippen LogP contribution in [0.2, 0.25) is 0 Å². The van der Waals surface area contributed by atoms with Gasteiger partial charge in [-0.1, -0.05) is 96.2 Å². The lowest BCUT2D eigenvalue weighted by molar-refractivity contribution is -0.124. The van der Waals surface area contributed by atoms with Crippen molar-refractivity contribution in [3.8, 4) is 0 Å². The van der Waals surface area contributed by atoms with Crippen molar-refractivity contribution in [1.29, 1.82) is 0 Å². The van der Waals surface area contributed by atoms with Gasteiger partial charge >= 0.3 is 0 Å². The molecule has 2 fully saturated rings. The molecule has 0 radical (unpaired) electrons. The second kappa shape index (κ2) is 18.7. The molecule has 2 aromatic rings. The molecule has 2 aliphatic heterocycles. The minimum atomic E-state index is -3.89. The summed E-state index contributed by atoms with van der Waals surface area (Å²) < 4.78 is 50.0. The minimum Gasteiger partial charge on any atom is -0.293 e. The van der Waals surface area contributed by atoms with E-state index in [-0.39, 0.29) is 57.3 Å². The van der Waals surface area contributed by atoms with Gasteiger partial charge in [0.25, 0.3) is 31.9 Å². The van der Waals surface area contributed by atoms with Crippen molar-refractivity contribution in [3.63, 3.8) is 0 Å². The van der Waals surface area contributed by atoms with E-state index in [4.69, 9.17) is 24.4 Å². The standard InChI is InChI=1S/C32H38N6O8S6/c1-21-11-15-23(16-12-21)51(43,44)35-33-25(39)9-5-3-7-19-37-29(41)27(49-31(37)47)28-30(42)38(32(48)50-28)20-8-4-6-10-26(40)34-36-52(45,46)24-17-13-22(2)14-18-24/h11-18,35-36H,3-10,19-20H2,1-2H3,(H,33,39)(H,34,40). The first-order valence-electron chi connectivity index (χ1n) is 16.2. The van der Waals surface area contributed by atoms with Gasteiger partial charge in [-0.25, -0.2) is 16.8 Å². The van der Waals surface area contributed by atoms with E-state index >= 15 is 0 Å². The van der Waals surface area contributed by atoms with E-state index in [0.29, 0.717) is 47.2 Å². The van der Waals surface area contributed by atoms with E-state index in [0.717, 1.165) is 34.7 Å². The number of hydrazine groups is 2. The molecule has 2 saturated heterocycles. The lowest BCUT2D eigenvalue weighted by Gasteiger charge is -2.14. The second-order valence-electron chi connectivity index (χ2n) is 11.9. The van der Waals surface area contributed by atoms with Crippen molar-refractivity contribution in [1.82, 2.24) is 30.3 Å². The molecular formula is C32H38N6O8S6. The van der Waals surface area contributed by atoms with E-state index in [1.807, 2.05) is 13.8 Å². The Balaban J connectivity index is 1.14. The van der Waals surface area contributed by atoms with Gasteiger partial charge in [-0.2, -0.15) is 0 Å². The third-order valence-electron chi connectivity index (χ3n) is 7.79. The Kier molecular flexibility index (Phi) is 14.9. The van der Waals surface area contributed by atoms with Gasteiger partial charge < -0.3 is 0 Å². The zero-order chi connectivity index (χ0) is 38.1. The van der Waals surface area contributed by atoms with Crippen molar-refractivity contribution in [2.75, 3.05) is 13.1 Å². The Hall–Kier alpha value is -3.24. The normalized spacial score (nSPS) is 16.6. The molecule has 0 spiro atoms. The van der Waals surface area contributed by atoms with Crippen LogP contribution in [0.15, 0.2) is 68.1 Å². The molecule has 0 atom stereocenters. The molecule has 0 aromatic heterocycles. The molecule has 14 nitrogen and oxygen atoms in total. The molecule has 0 saturated carbocycles. The van der Waals surface area contributed by atoms with E-state index < -0.39 is 31.9 Å². The van der Waals surface area contributed by atoms with Crippen LogP contribution in [0.1, 0.15) is 62.5 Å². The predicted octanol–water partition coefficient (Wildman–Crippen LogP) is 3.68. The van der Waals surface area contributed by atoms with E-state index in [2.05, 4.69) is 20.5 Å². The van der Waals surface area contributed by atoms with Gasteiger partial charge in [0.05, 0.1) is 19.6 Å². The van der Waals surface area contributed by atoms with Crippen LogP contribution < -0.4 is 20.5 Å². The topological polar surface area (TPSA) is 191 Å². The summed E-state index contributed by atoms with van der Waals surface area (Å²) in [7, 11) is -7.78. The van der Waals surface area contributed by atoms with Crippen molar-refractivity contribution < 1.29 is 36.0 Å². The van der Waals surface area contributed by atoms with Crippen LogP contribution in [0.5, 0.6) is 0 Å². The fraction of sp³-hybridized carbons (Fsp3) is 0.375. The van der Waals surface area contributed by atoms with Crippen LogP contribution in [-0.2, 0) is 39.2 Å². The number of aryl methyl sites for hydroxylation is 2. The second-order valence-corrected chi connectivity index (χ2v) is 18.5. The molecule has 2 aromatic carbocycles. The Labute approximate surface area is 322 Å². The molecule has 4 rings (SSSR count). The number of thioether (sulfide) groups is 2. The van der Waals surface area contributed by atoms with Gasteiger partial charge in [-0.3, -0.25) is 39.8 Å². The van der Waals surface area contributed by atoms with E-state index in [9.17, 15) is 36.0 Å². The quantitative estimate of drug-likeness (QED) is 0.0740. The molecule has 0 aliphatic carbocycles. The highest BCUT2D eigenvalue weighted by Gasteiger charge is 2.41. The molecule has 52 heavy (non-hydrogen) atoms. The van der Waals surface area contributed by atoms with E-state index in [1.54, 1.807) is 24.3 Å². The summed E-state index contributed by atoms with van der Waals surface area (Å²) in [5, 5.41) is 0. The van der Waals surface area contributed by atoms with Crippen molar-refractivity contribution in [3.05, 3.63) is 69.5 Å². The van der Waals surface area contributed by atoms with Gasteiger partial charge in [0.15, 0.2) is 0 Å². The number of unbranched alkanes of at least 4 members (excludes halogenated alkanes) is 4. The first-order valence-corrected chi connectivity index (χ1v) is 21.6. The number of hydrogen-bond donors (Lipinski definition) is 4. The summed E-state index contributed by atoms with van der Waals surface area (Å²) in [6.07, 6.45) is 3.22. The predicted molar refractivity (Wildman–Crippen MR) is 207 cm³/mol. The summed E-state index contributed by atoms with van der Waals surface area (Å²) >= 11 is 12.9. The Morgan fingerprint density at radius 3 is 1.29 bits per heavy atom. The number of thiocarbonyl (C=S) groups is 2. The monoisotopic (exact) mass is 826 g/mol. The number of sulfonamides is 2. The van der Waals surface area contributed by atoms with Gasteiger partial charge in [-0.15, -0.1) is 9.66 Å². The highest BCUT2D eigenvalue weighted by atomic mass is 32.2. The molecule has 4 amide bonds. The molecule has 280 valence electrons. The van der Waals surface area contributed by atoms with Crippen LogP contribution >= 0.6 is 48.0 Å². The first kappa shape index (κ1) is 41.5. The van der Waals surface area contributed by atoms with Gasteiger partial charge in [0.2, 0.25) is 11.8 Å². The summed E-state index contributed by atoms with van der Waals surface area (Å²) in [6.45, 7) is 4.24. The minimum absolute atomic E-state index is 0.0320. The molecule has 2 aliphatic rings. The summed E-state index contributed by atoms with van der Waals surface area (Å²) in [5.41, 5.74) is 6.23. The molecule has 0 bridgehead atoms. The number of nitrogens with one attached hydrogen (secondary N) is 4. The first-order chi connectivity index (χ1) is 24.6. The van der Waals surface area contributed by atoms with Crippen LogP contribution in [0, 0.1) is 13.8 Å². The van der Waals surface area contributed by atoms with Crippen LogP contribution in [0.3, 0.4) is 0 Å². The third kappa shape index (κ3) is 11.4. The molecular weight excluding hydrogens is 789 g/mol. The summed E-state index contributed by atoms with van der Waals surface area (Å²) in [6, 6.07) is 12.4. The lowest BCUT2D eigenvalue weighted by atomic mass is 10.2. The number of amides is 4. The highest BCUT2D eigenvalue weighted by Crippen LogP contribution is 2.42. The number of carbonyl (C=O) groups excluding carboxylic acids is 4. The Morgan fingerprint density at radius 2 is 0.942 bits per heavy atom. The fourth-order valence-electron chi connectivity index (χ4n) is 4.85. The smallest absolute Gasteiger partial charge is 0.267 e. The highest BCUT2D eigenvalue weighted by molar-refractivity contribution is 8.29. The number of nitrogens with zero attached hydrogens (tertiary/aromatic N) is 2. The van der Waals surface area contributed by atoms with Crippen LogP contribution in [0.4, 0.5) is 0 Å². The average molecular weight is 827 g/mol. The molecule has 20 heteroatoms. The van der Waals surface area contributed by atoms with Gasteiger partial charge in [-0.05, 0) is 63.8 Å². The largest absolute Gasteiger partial charge is 0.293 e. The number of rotatable bonds is 18. The average Bonchev–Trinajstić information content (AvgIpc) is 3.54. The molecule has 4 N–H and O–H groups in total. The number of hydrogen-bond acceptors (Lipinski definition) is 12. The Bertz CT molecular complexity index is 1830. The van der Waals surface area contributed by atoms with Gasteiger partial charge in [0.1, 0.15) is 8.64 Å².